The van der Waals surface area contributed by atoms with Crippen molar-refractivity contribution in [1.29, 1.82) is 0 Å². The molecule has 8 heteroatoms. The van der Waals surface area contributed by atoms with Crippen molar-refractivity contribution in [1.82, 2.24) is 25.0 Å². The highest BCUT2D eigenvalue weighted by Crippen LogP contribution is 2.26. The number of hydrogen-bond acceptors (Lipinski definition) is 6. The van der Waals surface area contributed by atoms with Gasteiger partial charge in [0.25, 0.3) is 0 Å². The lowest BCUT2D eigenvalue weighted by molar-refractivity contribution is -0.121. The smallest absolute Gasteiger partial charge is 0.220 e. The first-order chi connectivity index (χ1) is 16.6. The maximum Gasteiger partial charge on any atom is 0.220 e. The van der Waals surface area contributed by atoms with E-state index in [0.717, 1.165) is 73.3 Å². The molecule has 0 spiro atoms. The number of nitrogens with one attached hydrogen (secondary N) is 1. The summed E-state index contributed by atoms with van der Waals surface area (Å²) in [6.45, 7) is 5.28. The Hall–Kier alpha value is -3.39. The average Bonchev–Trinajstić information content (AvgIpc) is 3.17. The molecule has 1 amide bonds. The molecule has 34 heavy (non-hydrogen) atoms. The molecule has 0 radical (unpaired) electrons. The van der Waals surface area contributed by atoms with Crippen molar-refractivity contribution < 1.29 is 14.3 Å². The van der Waals surface area contributed by atoms with E-state index in [1.807, 2.05) is 49.4 Å². The molecule has 1 atom stereocenters. The third-order valence-corrected chi connectivity index (χ3v) is 6.28. The molecule has 8 nitrogen and oxygen atoms in total. The summed E-state index contributed by atoms with van der Waals surface area (Å²) in [4.78, 5) is 14.9. The van der Waals surface area contributed by atoms with Gasteiger partial charge in [0.15, 0.2) is 5.82 Å². The number of ether oxygens (including phenoxy) is 2. The van der Waals surface area contributed by atoms with E-state index >= 15 is 0 Å². The Labute approximate surface area is 200 Å². The van der Waals surface area contributed by atoms with Gasteiger partial charge < -0.3 is 19.4 Å². The van der Waals surface area contributed by atoms with E-state index in [1.165, 1.54) is 0 Å². The van der Waals surface area contributed by atoms with Crippen molar-refractivity contribution in [2.75, 3.05) is 27.3 Å². The fourth-order valence-corrected chi connectivity index (χ4v) is 4.37. The van der Waals surface area contributed by atoms with Crippen LogP contribution in [0.25, 0.3) is 0 Å². The van der Waals surface area contributed by atoms with Crippen LogP contribution in [0.1, 0.15) is 42.2 Å². The first-order valence-electron chi connectivity index (χ1n) is 11.8. The molecule has 0 saturated carbocycles. The van der Waals surface area contributed by atoms with Crippen molar-refractivity contribution in [3.8, 4) is 11.5 Å². The van der Waals surface area contributed by atoms with Crippen LogP contribution in [-0.4, -0.2) is 52.9 Å². The number of rotatable bonds is 9. The van der Waals surface area contributed by atoms with Crippen LogP contribution in [-0.2, 0) is 30.7 Å². The molecule has 1 aliphatic heterocycles. The molecule has 2 heterocycles. The average molecular weight is 464 g/mol. The lowest BCUT2D eigenvalue weighted by Crippen LogP contribution is -2.30. The molecule has 180 valence electrons. The third kappa shape index (κ3) is 5.75. The second-order valence-electron chi connectivity index (χ2n) is 8.60. The summed E-state index contributed by atoms with van der Waals surface area (Å²) in [6.07, 6.45) is 1.98. The van der Waals surface area contributed by atoms with E-state index in [4.69, 9.17) is 9.47 Å². The molecule has 2 aromatic carbocycles. The van der Waals surface area contributed by atoms with Crippen LogP contribution in [0.3, 0.4) is 0 Å². The Morgan fingerprint density at radius 1 is 1.06 bits per heavy atom. The Morgan fingerprint density at radius 3 is 2.65 bits per heavy atom. The molecule has 1 aliphatic rings. The number of carbonyl (C=O) groups is 1. The van der Waals surface area contributed by atoms with Gasteiger partial charge in [0, 0.05) is 50.7 Å². The summed E-state index contributed by atoms with van der Waals surface area (Å²) in [5, 5.41) is 11.9. The van der Waals surface area contributed by atoms with Crippen molar-refractivity contribution in [3.63, 3.8) is 0 Å². The maximum atomic E-state index is 12.5. The number of aromatic nitrogens is 3. The summed E-state index contributed by atoms with van der Waals surface area (Å²) >= 11 is 0. The number of carbonyl (C=O) groups excluding carboxylic acids is 1. The Kier molecular flexibility index (Phi) is 7.80. The van der Waals surface area contributed by atoms with Crippen LogP contribution < -0.4 is 14.8 Å². The van der Waals surface area contributed by atoms with E-state index in [9.17, 15) is 4.79 Å². The van der Waals surface area contributed by atoms with Crippen LogP contribution in [0.15, 0.2) is 48.5 Å². The highest BCUT2D eigenvalue weighted by atomic mass is 16.5. The minimum absolute atomic E-state index is 0.0237. The zero-order valence-corrected chi connectivity index (χ0v) is 20.2. The lowest BCUT2D eigenvalue weighted by atomic mass is 10.1. The predicted octanol–water partition coefficient (Wildman–Crippen LogP) is 3.16. The van der Waals surface area contributed by atoms with Gasteiger partial charge >= 0.3 is 0 Å². The normalized spacial score (nSPS) is 14.7. The zero-order chi connectivity index (χ0) is 23.9. The molecule has 0 fully saturated rings. The number of aryl methyl sites for hydroxylation is 1. The van der Waals surface area contributed by atoms with Crippen molar-refractivity contribution in [3.05, 3.63) is 71.3 Å². The first kappa shape index (κ1) is 23.8. The van der Waals surface area contributed by atoms with Gasteiger partial charge in [0.1, 0.15) is 17.3 Å². The van der Waals surface area contributed by atoms with Crippen LogP contribution >= 0.6 is 0 Å². The molecule has 1 N–H and O–H groups in total. The number of nitrogens with zero attached hydrogens (tertiary/aromatic N) is 4. The Morgan fingerprint density at radius 2 is 1.88 bits per heavy atom. The van der Waals surface area contributed by atoms with E-state index in [0.29, 0.717) is 6.42 Å². The van der Waals surface area contributed by atoms with E-state index in [1.54, 1.807) is 14.2 Å². The first-order valence-corrected chi connectivity index (χ1v) is 11.8. The van der Waals surface area contributed by atoms with Gasteiger partial charge in [0.05, 0.1) is 20.3 Å². The van der Waals surface area contributed by atoms with Gasteiger partial charge in [-0.2, -0.15) is 0 Å². The Balaban J connectivity index is 1.35. The van der Waals surface area contributed by atoms with Crippen LogP contribution in [0, 0.1) is 0 Å². The highest BCUT2D eigenvalue weighted by Gasteiger charge is 2.23. The number of benzene rings is 2. The number of fused-ring (bicyclic) bond motifs is 1. The van der Waals surface area contributed by atoms with Crippen molar-refractivity contribution in [2.45, 2.75) is 45.3 Å². The third-order valence-electron chi connectivity index (χ3n) is 6.28. The summed E-state index contributed by atoms with van der Waals surface area (Å²) in [5.41, 5.74) is 2.29. The van der Waals surface area contributed by atoms with Gasteiger partial charge in [-0.25, -0.2) is 0 Å². The summed E-state index contributed by atoms with van der Waals surface area (Å²) in [5.74, 6) is 3.41. The number of hydrogen-bond donors (Lipinski definition) is 1. The van der Waals surface area contributed by atoms with Gasteiger partial charge in [-0.1, -0.05) is 36.4 Å². The maximum absolute atomic E-state index is 12.5. The monoisotopic (exact) mass is 463 g/mol. The van der Waals surface area contributed by atoms with Gasteiger partial charge in [-0.3, -0.25) is 9.69 Å². The lowest BCUT2D eigenvalue weighted by Gasteiger charge is -2.21. The predicted molar refractivity (Wildman–Crippen MR) is 130 cm³/mol. The second-order valence-corrected chi connectivity index (χ2v) is 8.60. The van der Waals surface area contributed by atoms with Gasteiger partial charge in [0.2, 0.25) is 5.91 Å². The topological polar surface area (TPSA) is 81.5 Å². The number of amides is 1. The molecule has 3 aromatic rings. The van der Waals surface area contributed by atoms with Gasteiger partial charge in [-0.05, 0) is 25.0 Å². The van der Waals surface area contributed by atoms with Crippen molar-refractivity contribution in [2.24, 2.45) is 0 Å². The quantitative estimate of drug-likeness (QED) is 0.525. The fourth-order valence-electron chi connectivity index (χ4n) is 4.37. The van der Waals surface area contributed by atoms with Crippen LogP contribution in [0.4, 0.5) is 0 Å². The van der Waals surface area contributed by atoms with E-state index in [-0.39, 0.29) is 11.9 Å². The molecule has 1 aromatic heterocycles. The van der Waals surface area contributed by atoms with Crippen LogP contribution in [0.2, 0.25) is 0 Å². The summed E-state index contributed by atoms with van der Waals surface area (Å²) in [7, 11) is 3.34. The van der Waals surface area contributed by atoms with E-state index < -0.39 is 0 Å². The molecular formula is C26H33N5O3. The zero-order valence-electron chi connectivity index (χ0n) is 20.2. The van der Waals surface area contributed by atoms with E-state index in [2.05, 4.69) is 31.0 Å². The highest BCUT2D eigenvalue weighted by molar-refractivity contribution is 5.76. The molecular weight excluding hydrogens is 430 g/mol. The second kappa shape index (κ2) is 11.2. The number of methoxy groups -OCH3 is 2. The van der Waals surface area contributed by atoms with Crippen molar-refractivity contribution >= 4 is 5.91 Å². The molecule has 4 rings (SSSR count). The minimum Gasteiger partial charge on any atom is -0.497 e. The fraction of sp³-hybridized carbons (Fsp3) is 0.423. The molecule has 0 aliphatic carbocycles. The largest absolute Gasteiger partial charge is 0.497 e. The summed E-state index contributed by atoms with van der Waals surface area (Å²) in [6, 6.07) is 15.8. The van der Waals surface area contributed by atoms with Gasteiger partial charge in [-0.15, -0.1) is 10.2 Å². The van der Waals surface area contributed by atoms with Crippen LogP contribution in [0.5, 0.6) is 11.5 Å². The Bertz CT molecular complexity index is 1100. The molecule has 0 bridgehead atoms. The molecule has 0 saturated heterocycles. The SMILES string of the molecule is COc1ccc(CN2CCc3nnc(C(C)NC(=O)CCc4ccccc4)n3CC2)c(OC)c1. The molecule has 1 unspecified atom stereocenters. The minimum atomic E-state index is -0.197. The summed E-state index contributed by atoms with van der Waals surface area (Å²) < 4.78 is 13.0. The standard InChI is InChI=1S/C26H33N5O3/c1-19(27-25(32)12-9-20-7-5-4-6-8-20)26-29-28-24-13-14-30(15-16-31(24)26)18-21-10-11-22(33-2)17-23(21)34-3/h4-8,10-11,17,19H,9,12-16,18H2,1-3H3,(H,27,32).